The minimum atomic E-state index is -3.55. The summed E-state index contributed by atoms with van der Waals surface area (Å²) in [6.07, 6.45) is 1.04. The Morgan fingerprint density at radius 3 is 2.57 bits per heavy atom. The highest BCUT2D eigenvalue weighted by Crippen LogP contribution is 2.28. The van der Waals surface area contributed by atoms with Gasteiger partial charge in [-0.05, 0) is 47.4 Å². The first-order valence-electron chi connectivity index (χ1n) is 9.77. The Bertz CT molecular complexity index is 1280. The summed E-state index contributed by atoms with van der Waals surface area (Å²) in [5.41, 5.74) is 2.20. The van der Waals surface area contributed by atoms with Crippen molar-refractivity contribution < 1.29 is 18.3 Å². The van der Waals surface area contributed by atoms with Crippen LogP contribution in [-0.4, -0.2) is 31.4 Å². The molecule has 0 amide bonds. The van der Waals surface area contributed by atoms with Crippen molar-refractivity contribution in [2.75, 3.05) is 12.9 Å². The average molecular weight is 425 g/mol. The first kappa shape index (κ1) is 20.4. The number of hydrogen-bond acceptors (Lipinski definition) is 4. The fourth-order valence-electron chi connectivity index (χ4n) is 3.68. The van der Waals surface area contributed by atoms with E-state index in [1.807, 2.05) is 54.6 Å². The topological polar surface area (TPSA) is 91.4 Å². The molecule has 6 nitrogen and oxygen atoms in total. The number of aliphatic hydroxyl groups is 1. The van der Waals surface area contributed by atoms with Crippen molar-refractivity contribution in [1.29, 1.82) is 0 Å². The molecule has 0 radical (unpaired) electrons. The van der Waals surface area contributed by atoms with Gasteiger partial charge in [0.05, 0.1) is 18.6 Å². The maximum atomic E-state index is 11.5. The summed E-state index contributed by atoms with van der Waals surface area (Å²) in [7, 11) is -3.55. The quantitative estimate of drug-likeness (QED) is 0.296. The summed E-state index contributed by atoms with van der Waals surface area (Å²) >= 11 is 0. The van der Waals surface area contributed by atoms with E-state index in [1.165, 1.54) is 5.39 Å². The predicted molar refractivity (Wildman–Crippen MR) is 119 cm³/mol. The second-order valence-electron chi connectivity index (χ2n) is 7.32. The van der Waals surface area contributed by atoms with E-state index in [0.717, 1.165) is 33.9 Å². The summed E-state index contributed by atoms with van der Waals surface area (Å²) in [6, 6.07) is 21.8. The maximum Gasteiger partial charge on any atom is 0.211 e. The normalized spacial score (nSPS) is 13.0. The number of H-pyrrole nitrogens is 1. The summed E-state index contributed by atoms with van der Waals surface area (Å²) in [5.74, 6) is 0.812. The minimum Gasteiger partial charge on any atom is -0.494 e. The molecule has 0 aliphatic heterocycles. The molecule has 4 rings (SSSR count). The Morgan fingerprint density at radius 1 is 1.03 bits per heavy atom. The van der Waals surface area contributed by atoms with E-state index in [4.69, 9.17) is 4.74 Å². The molecule has 30 heavy (non-hydrogen) atoms. The molecule has 4 aromatic rings. The highest BCUT2D eigenvalue weighted by Gasteiger charge is 2.20. The van der Waals surface area contributed by atoms with Crippen molar-refractivity contribution in [3.63, 3.8) is 0 Å². The number of aromatic amines is 1. The van der Waals surface area contributed by atoms with Gasteiger partial charge in [0.2, 0.25) is 10.0 Å². The number of hydrogen-bond donors (Lipinski definition) is 3. The lowest BCUT2D eigenvalue weighted by atomic mass is 10.0. The maximum absolute atomic E-state index is 11.5. The first-order valence-corrected chi connectivity index (χ1v) is 11.7. The van der Waals surface area contributed by atoms with Crippen molar-refractivity contribution in [3.8, 4) is 5.75 Å². The van der Waals surface area contributed by atoms with Gasteiger partial charge in [0.25, 0.3) is 0 Å². The summed E-state index contributed by atoms with van der Waals surface area (Å²) in [5, 5.41) is 13.7. The molecule has 0 aliphatic carbocycles. The fraction of sp³-hybridized carbons (Fsp3) is 0.217. The number of nitrogens with one attached hydrogen (secondary N) is 2. The number of aliphatic hydroxyl groups excluding tert-OH is 1. The monoisotopic (exact) mass is 424 g/mol. The molecule has 1 unspecified atom stereocenters. The van der Waals surface area contributed by atoms with E-state index in [-0.39, 0.29) is 0 Å². The van der Waals surface area contributed by atoms with Gasteiger partial charge in [-0.3, -0.25) is 0 Å². The van der Waals surface area contributed by atoms with E-state index in [9.17, 15) is 13.5 Å². The third-order valence-corrected chi connectivity index (χ3v) is 5.66. The summed E-state index contributed by atoms with van der Waals surface area (Å²) < 4.78 is 31.3. The zero-order valence-electron chi connectivity index (χ0n) is 16.6. The molecule has 1 heterocycles. The van der Waals surface area contributed by atoms with Gasteiger partial charge in [0.1, 0.15) is 5.75 Å². The average Bonchev–Trinajstić information content (AvgIpc) is 3.09. The zero-order valence-corrected chi connectivity index (χ0v) is 17.4. The molecule has 3 N–H and O–H groups in total. The molecule has 0 aliphatic rings. The Morgan fingerprint density at radius 2 is 1.77 bits per heavy atom. The molecular formula is C23H24N2O4S. The van der Waals surface area contributed by atoms with Crippen molar-refractivity contribution in [1.82, 2.24) is 9.71 Å². The largest absolute Gasteiger partial charge is 0.494 e. The zero-order chi connectivity index (χ0) is 21.1. The second kappa shape index (κ2) is 8.47. The predicted octanol–water partition coefficient (Wildman–Crippen LogP) is 3.87. The highest BCUT2D eigenvalue weighted by molar-refractivity contribution is 7.88. The van der Waals surface area contributed by atoms with Crippen LogP contribution in [0.15, 0.2) is 66.7 Å². The Balaban J connectivity index is 1.48. The summed E-state index contributed by atoms with van der Waals surface area (Å²) in [4.78, 5) is 3.15. The smallest absolute Gasteiger partial charge is 0.211 e. The number of sulfonamides is 1. The Hall–Kier alpha value is -2.87. The van der Waals surface area contributed by atoms with Crippen LogP contribution >= 0.6 is 0 Å². The van der Waals surface area contributed by atoms with E-state index in [2.05, 4.69) is 21.8 Å². The van der Waals surface area contributed by atoms with Gasteiger partial charge in [-0.25, -0.2) is 8.42 Å². The van der Waals surface area contributed by atoms with Gasteiger partial charge in [0, 0.05) is 10.9 Å². The molecule has 0 saturated heterocycles. The van der Waals surface area contributed by atoms with Crippen molar-refractivity contribution >= 4 is 31.7 Å². The SMILES string of the molecule is CS(=O)(=O)NC(O)c1[nH]c2ccccc2c1CCCOc1ccc2ccccc2c1. The number of para-hydroxylation sites is 1. The van der Waals surface area contributed by atoms with Crippen molar-refractivity contribution in [2.45, 2.75) is 19.1 Å². The van der Waals surface area contributed by atoms with Crippen LogP contribution in [0.5, 0.6) is 5.75 Å². The molecule has 0 fully saturated rings. The van der Waals surface area contributed by atoms with Crippen LogP contribution in [0.2, 0.25) is 0 Å². The lowest BCUT2D eigenvalue weighted by molar-refractivity contribution is 0.161. The third-order valence-electron chi connectivity index (χ3n) is 5.01. The van der Waals surface area contributed by atoms with E-state index in [1.54, 1.807) is 0 Å². The molecule has 0 saturated carbocycles. The van der Waals surface area contributed by atoms with Crippen LogP contribution in [0.4, 0.5) is 0 Å². The van der Waals surface area contributed by atoms with Crippen LogP contribution in [-0.2, 0) is 16.4 Å². The van der Waals surface area contributed by atoms with Crippen molar-refractivity contribution in [2.24, 2.45) is 0 Å². The van der Waals surface area contributed by atoms with Crippen LogP contribution in [0.25, 0.3) is 21.7 Å². The van der Waals surface area contributed by atoms with Gasteiger partial charge in [-0.1, -0.05) is 48.5 Å². The number of fused-ring (bicyclic) bond motifs is 2. The number of rotatable bonds is 8. The number of aromatic nitrogens is 1. The van der Waals surface area contributed by atoms with Gasteiger partial charge >= 0.3 is 0 Å². The van der Waals surface area contributed by atoms with Gasteiger partial charge in [-0.15, -0.1) is 0 Å². The molecule has 0 bridgehead atoms. The third kappa shape index (κ3) is 4.64. The van der Waals surface area contributed by atoms with Crippen molar-refractivity contribution in [3.05, 3.63) is 78.0 Å². The van der Waals surface area contributed by atoms with E-state index in [0.29, 0.717) is 25.1 Å². The van der Waals surface area contributed by atoms with Gasteiger partial charge in [-0.2, -0.15) is 4.72 Å². The van der Waals surface area contributed by atoms with E-state index < -0.39 is 16.3 Å². The molecule has 1 atom stereocenters. The van der Waals surface area contributed by atoms with Crippen LogP contribution in [0.1, 0.15) is 23.9 Å². The highest BCUT2D eigenvalue weighted by atomic mass is 32.2. The Kier molecular flexibility index (Phi) is 5.76. The number of benzene rings is 3. The standard InChI is InChI=1S/C23H24N2O4S/c1-30(27,28)25-23(26)22-20(19-9-4-5-11-21(19)24-22)10-6-14-29-18-13-12-16-7-2-3-8-17(16)15-18/h2-5,7-9,11-13,15,23-26H,6,10,14H2,1H3. The van der Waals surface area contributed by atoms with E-state index >= 15 is 0 Å². The lowest BCUT2D eigenvalue weighted by Crippen LogP contribution is -2.28. The summed E-state index contributed by atoms with van der Waals surface area (Å²) in [6.45, 7) is 0.507. The molecule has 3 aromatic carbocycles. The molecule has 1 aromatic heterocycles. The molecule has 0 spiro atoms. The Labute approximate surface area is 175 Å². The second-order valence-corrected chi connectivity index (χ2v) is 9.10. The van der Waals surface area contributed by atoms with Gasteiger partial charge in [0.15, 0.2) is 6.23 Å². The number of ether oxygens (including phenoxy) is 1. The van der Waals surface area contributed by atoms with Crippen LogP contribution in [0.3, 0.4) is 0 Å². The van der Waals surface area contributed by atoms with Gasteiger partial charge < -0.3 is 14.8 Å². The molecule has 156 valence electrons. The van der Waals surface area contributed by atoms with Crippen LogP contribution in [0, 0.1) is 0 Å². The molecule has 7 heteroatoms. The lowest BCUT2D eigenvalue weighted by Gasteiger charge is -2.13. The number of aryl methyl sites for hydroxylation is 1. The minimum absolute atomic E-state index is 0.465. The fourth-order valence-corrected chi connectivity index (χ4v) is 4.20. The van der Waals surface area contributed by atoms with Crippen LogP contribution < -0.4 is 9.46 Å². The molecular weight excluding hydrogens is 400 g/mol. The first-order chi connectivity index (χ1) is 14.4.